The number of rotatable bonds is 4. The summed E-state index contributed by atoms with van der Waals surface area (Å²) in [4.78, 5) is 12.1. The van der Waals surface area contributed by atoms with Gasteiger partial charge in [-0.25, -0.2) is 4.79 Å². The molecule has 2 nitrogen and oxygen atoms in total. The molecule has 0 aliphatic carbocycles. The zero-order valence-electron chi connectivity index (χ0n) is 21.2. The molecule has 0 aromatic heterocycles. The summed E-state index contributed by atoms with van der Waals surface area (Å²) in [5.41, 5.74) is 15.9. The summed E-state index contributed by atoms with van der Waals surface area (Å²) in [5, 5.41) is 9.90. The molecule has 3 aromatic rings. The number of hydrogen-bond acceptors (Lipinski definition) is 1. The first-order valence-electron chi connectivity index (χ1n) is 11.4. The van der Waals surface area contributed by atoms with Crippen molar-refractivity contribution in [2.24, 2.45) is 0 Å². The summed E-state index contributed by atoms with van der Waals surface area (Å²) in [7, 11) is 0. The van der Waals surface area contributed by atoms with Crippen LogP contribution in [0.5, 0.6) is 0 Å². The second kappa shape index (κ2) is 8.62. The number of aryl methyl sites for hydroxylation is 6. The van der Waals surface area contributed by atoms with E-state index in [1.807, 2.05) is 13.8 Å². The highest BCUT2D eigenvalue weighted by Gasteiger charge is 2.33. The van der Waals surface area contributed by atoms with E-state index in [-0.39, 0.29) is 6.71 Å². The van der Waals surface area contributed by atoms with Crippen LogP contribution in [-0.4, -0.2) is 17.8 Å². The molecule has 0 unspecified atom stereocenters. The van der Waals surface area contributed by atoms with Crippen molar-refractivity contribution >= 4 is 29.1 Å². The van der Waals surface area contributed by atoms with Crippen LogP contribution in [0, 0.1) is 69.2 Å². The number of carboxylic acid groups (broad SMARTS) is 1. The highest BCUT2D eigenvalue weighted by molar-refractivity contribution is 6.97. The topological polar surface area (TPSA) is 37.3 Å². The number of carbonyl (C=O) groups is 1. The average molecular weight is 426 g/mol. The van der Waals surface area contributed by atoms with Crippen LogP contribution < -0.4 is 16.4 Å². The van der Waals surface area contributed by atoms with E-state index in [1.54, 1.807) is 0 Å². The van der Waals surface area contributed by atoms with Crippen molar-refractivity contribution < 1.29 is 9.90 Å². The van der Waals surface area contributed by atoms with E-state index < -0.39 is 5.97 Å². The Morgan fingerprint density at radius 1 is 0.562 bits per heavy atom. The van der Waals surface area contributed by atoms with Crippen molar-refractivity contribution in [3.63, 3.8) is 0 Å². The number of hydrogen-bond donors (Lipinski definition) is 1. The summed E-state index contributed by atoms with van der Waals surface area (Å²) >= 11 is 0. The Morgan fingerprint density at radius 3 is 1.16 bits per heavy atom. The van der Waals surface area contributed by atoms with Gasteiger partial charge in [-0.3, -0.25) is 0 Å². The van der Waals surface area contributed by atoms with Gasteiger partial charge in [0.25, 0.3) is 0 Å². The smallest absolute Gasteiger partial charge is 0.336 e. The predicted molar refractivity (Wildman–Crippen MR) is 138 cm³/mol. The minimum Gasteiger partial charge on any atom is -0.478 e. The number of aromatic carboxylic acids is 1. The van der Waals surface area contributed by atoms with Crippen LogP contribution in [-0.2, 0) is 0 Å². The van der Waals surface area contributed by atoms with Gasteiger partial charge in [-0.1, -0.05) is 85.2 Å². The van der Waals surface area contributed by atoms with Gasteiger partial charge in [0.1, 0.15) is 0 Å². The van der Waals surface area contributed by atoms with Crippen LogP contribution in [0.2, 0.25) is 0 Å². The Hall–Kier alpha value is -2.81. The van der Waals surface area contributed by atoms with Crippen LogP contribution >= 0.6 is 0 Å². The van der Waals surface area contributed by atoms with Gasteiger partial charge in [0, 0.05) is 0 Å². The monoisotopic (exact) mass is 426 g/mol. The third-order valence-corrected chi connectivity index (χ3v) is 7.24. The highest BCUT2D eigenvalue weighted by Crippen LogP contribution is 2.23. The Labute approximate surface area is 193 Å². The molecule has 0 amide bonds. The molecule has 166 valence electrons. The molecule has 0 spiro atoms. The molecule has 3 heteroatoms. The van der Waals surface area contributed by atoms with Crippen molar-refractivity contribution in [2.45, 2.75) is 69.2 Å². The SMILES string of the molecule is Cc1cc(C)c(B(c2c(C)cc(C)cc2C)c2c(C)c(C)c(C(=O)O)c(C)c2C)c(C)c1. The van der Waals surface area contributed by atoms with Crippen LogP contribution in [0.3, 0.4) is 0 Å². The van der Waals surface area contributed by atoms with Crippen LogP contribution in [0.1, 0.15) is 66.0 Å². The zero-order chi connectivity index (χ0) is 24.1. The quantitative estimate of drug-likeness (QED) is 0.597. The van der Waals surface area contributed by atoms with Gasteiger partial charge in [0.15, 0.2) is 0 Å². The Morgan fingerprint density at radius 2 is 0.875 bits per heavy atom. The van der Waals surface area contributed by atoms with Gasteiger partial charge in [0.2, 0.25) is 6.71 Å². The fraction of sp³-hybridized carbons (Fsp3) is 0.345. The van der Waals surface area contributed by atoms with E-state index in [9.17, 15) is 9.90 Å². The van der Waals surface area contributed by atoms with Gasteiger partial charge in [-0.15, -0.1) is 0 Å². The fourth-order valence-corrected chi connectivity index (χ4v) is 5.82. The molecule has 32 heavy (non-hydrogen) atoms. The largest absolute Gasteiger partial charge is 0.478 e. The summed E-state index contributed by atoms with van der Waals surface area (Å²) in [6.07, 6.45) is 0. The minimum atomic E-state index is -0.848. The first-order valence-corrected chi connectivity index (χ1v) is 11.4. The van der Waals surface area contributed by atoms with E-state index in [0.29, 0.717) is 5.56 Å². The molecule has 0 fully saturated rings. The first kappa shape index (κ1) is 23.8. The molecule has 3 rings (SSSR count). The third-order valence-electron chi connectivity index (χ3n) is 7.24. The Bertz CT molecular complexity index is 1120. The first-order chi connectivity index (χ1) is 14.9. The van der Waals surface area contributed by atoms with Crippen molar-refractivity contribution in [1.82, 2.24) is 0 Å². The van der Waals surface area contributed by atoms with Crippen LogP contribution in [0.15, 0.2) is 24.3 Å². The lowest BCUT2D eigenvalue weighted by molar-refractivity contribution is 0.0695. The molecule has 0 radical (unpaired) electrons. The lowest BCUT2D eigenvalue weighted by Gasteiger charge is -2.29. The average Bonchev–Trinajstić information content (AvgIpc) is 2.64. The number of carboxylic acids is 1. The molecular weight excluding hydrogens is 391 g/mol. The van der Waals surface area contributed by atoms with E-state index in [2.05, 4.69) is 79.7 Å². The van der Waals surface area contributed by atoms with Crippen molar-refractivity contribution in [1.29, 1.82) is 0 Å². The standard InChI is InChI=1S/C29H35BO2/c1-15-11-17(3)26(18(4)12-15)30(27-19(5)13-16(2)14-20(27)6)28-23(9)21(7)25(29(31)32)22(8)24(28)10/h11-14H,1-10H3,(H,31,32). The Kier molecular flexibility index (Phi) is 6.42. The molecule has 0 saturated carbocycles. The predicted octanol–water partition coefficient (Wildman–Crippen LogP) is 4.99. The molecule has 0 bridgehead atoms. The normalized spacial score (nSPS) is 11.1. The lowest BCUT2D eigenvalue weighted by Crippen LogP contribution is -2.58. The minimum absolute atomic E-state index is 0.0523. The van der Waals surface area contributed by atoms with Gasteiger partial charge in [-0.05, 0) is 80.4 Å². The molecule has 1 N–H and O–H groups in total. The van der Waals surface area contributed by atoms with E-state index >= 15 is 0 Å². The maximum absolute atomic E-state index is 12.1. The van der Waals surface area contributed by atoms with Gasteiger partial charge >= 0.3 is 5.97 Å². The fourth-order valence-electron chi connectivity index (χ4n) is 5.82. The second-order valence-electron chi connectivity index (χ2n) is 9.65. The molecule has 0 aliphatic rings. The molecule has 0 saturated heterocycles. The summed E-state index contributed by atoms with van der Waals surface area (Å²) in [5.74, 6) is -0.848. The lowest BCUT2D eigenvalue weighted by atomic mass is 9.32. The second-order valence-corrected chi connectivity index (χ2v) is 9.65. The third kappa shape index (κ3) is 3.90. The summed E-state index contributed by atoms with van der Waals surface area (Å²) in [6, 6.07) is 9.07. The van der Waals surface area contributed by atoms with Crippen molar-refractivity contribution in [3.8, 4) is 0 Å². The highest BCUT2D eigenvalue weighted by atomic mass is 16.4. The van der Waals surface area contributed by atoms with E-state index in [0.717, 1.165) is 22.3 Å². The van der Waals surface area contributed by atoms with Crippen molar-refractivity contribution in [3.05, 3.63) is 85.5 Å². The maximum atomic E-state index is 12.1. The molecular formula is C29H35BO2. The number of benzene rings is 3. The maximum Gasteiger partial charge on any atom is 0.336 e. The summed E-state index contributed by atoms with van der Waals surface area (Å²) < 4.78 is 0. The molecule has 0 atom stereocenters. The van der Waals surface area contributed by atoms with Gasteiger partial charge in [-0.2, -0.15) is 0 Å². The molecule has 3 aromatic carbocycles. The molecule has 0 heterocycles. The Balaban J connectivity index is 2.54. The van der Waals surface area contributed by atoms with Crippen LogP contribution in [0.4, 0.5) is 0 Å². The van der Waals surface area contributed by atoms with Gasteiger partial charge < -0.3 is 5.11 Å². The molecule has 0 aliphatic heterocycles. The zero-order valence-corrected chi connectivity index (χ0v) is 21.2. The van der Waals surface area contributed by atoms with Crippen molar-refractivity contribution in [2.75, 3.05) is 0 Å². The van der Waals surface area contributed by atoms with E-state index in [1.165, 1.54) is 49.8 Å². The summed E-state index contributed by atoms with van der Waals surface area (Å²) in [6.45, 7) is 21.3. The van der Waals surface area contributed by atoms with Gasteiger partial charge in [0.05, 0.1) is 5.56 Å². The van der Waals surface area contributed by atoms with Crippen LogP contribution in [0.25, 0.3) is 0 Å². The van der Waals surface area contributed by atoms with E-state index in [4.69, 9.17) is 0 Å².